The maximum atomic E-state index is 11.4. The lowest BCUT2D eigenvalue weighted by atomic mass is 10.2. The van der Waals surface area contributed by atoms with Gasteiger partial charge in [0.15, 0.2) is 0 Å². The molecule has 1 aromatic rings. The fourth-order valence-electron chi connectivity index (χ4n) is 1.56. The molecule has 0 unspecified atom stereocenters. The number of aliphatic hydroxyl groups excluding tert-OH is 1. The largest absolute Gasteiger partial charge is 0.461 e. The van der Waals surface area contributed by atoms with Crippen LogP contribution in [-0.2, 0) is 16.1 Å². The predicted molar refractivity (Wildman–Crippen MR) is 86.2 cm³/mol. The molecule has 0 fully saturated rings. The highest BCUT2D eigenvalue weighted by molar-refractivity contribution is 5.71. The number of likely N-dealkylation sites (N-methyl/N-ethyl adjacent to an activating group) is 1. The van der Waals surface area contributed by atoms with Crippen molar-refractivity contribution >= 4 is 11.7 Å². The SMILES string of the molecule is C=CCOC(=O)CN(C)Cc1ccc(NC)cc1.CCO. The Hall–Kier alpha value is -1.85. The topological polar surface area (TPSA) is 61.8 Å². The van der Waals surface area contributed by atoms with Gasteiger partial charge in [-0.15, -0.1) is 0 Å². The summed E-state index contributed by atoms with van der Waals surface area (Å²) in [5, 5.41) is 10.6. The molecule has 0 atom stereocenters. The van der Waals surface area contributed by atoms with Crippen LogP contribution in [0.2, 0.25) is 0 Å². The van der Waals surface area contributed by atoms with Crippen molar-refractivity contribution in [2.24, 2.45) is 0 Å². The highest BCUT2D eigenvalue weighted by atomic mass is 16.5. The third kappa shape index (κ3) is 9.65. The number of anilines is 1. The first-order chi connectivity index (χ1) is 10.1. The zero-order valence-electron chi connectivity index (χ0n) is 13.1. The zero-order chi connectivity index (χ0) is 16.1. The monoisotopic (exact) mass is 294 g/mol. The summed E-state index contributed by atoms with van der Waals surface area (Å²) in [6.07, 6.45) is 1.56. The highest BCUT2D eigenvalue weighted by Crippen LogP contribution is 2.10. The predicted octanol–water partition coefficient (Wildman–Crippen LogP) is 1.89. The van der Waals surface area contributed by atoms with E-state index in [4.69, 9.17) is 9.84 Å². The van der Waals surface area contributed by atoms with Gasteiger partial charge in [0, 0.05) is 25.9 Å². The second-order valence-electron chi connectivity index (χ2n) is 4.41. The molecule has 0 aliphatic carbocycles. The van der Waals surface area contributed by atoms with E-state index < -0.39 is 0 Å². The average molecular weight is 294 g/mol. The van der Waals surface area contributed by atoms with Gasteiger partial charge in [0.25, 0.3) is 0 Å². The number of aliphatic hydroxyl groups is 1. The fourth-order valence-corrected chi connectivity index (χ4v) is 1.56. The van der Waals surface area contributed by atoms with Gasteiger partial charge >= 0.3 is 5.97 Å². The molecule has 0 radical (unpaired) electrons. The Morgan fingerprint density at radius 1 is 1.43 bits per heavy atom. The van der Waals surface area contributed by atoms with Crippen LogP contribution in [0.1, 0.15) is 12.5 Å². The summed E-state index contributed by atoms with van der Waals surface area (Å²) in [7, 11) is 3.78. The average Bonchev–Trinajstić information content (AvgIpc) is 2.46. The Labute approximate surface area is 127 Å². The number of carbonyl (C=O) groups is 1. The van der Waals surface area contributed by atoms with Crippen molar-refractivity contribution in [1.82, 2.24) is 4.90 Å². The summed E-state index contributed by atoms with van der Waals surface area (Å²) in [6.45, 7) is 6.69. The maximum absolute atomic E-state index is 11.4. The molecule has 118 valence electrons. The highest BCUT2D eigenvalue weighted by Gasteiger charge is 2.07. The van der Waals surface area contributed by atoms with E-state index in [1.165, 1.54) is 0 Å². The van der Waals surface area contributed by atoms with Gasteiger partial charge in [-0.25, -0.2) is 0 Å². The molecule has 0 aromatic heterocycles. The number of esters is 1. The Morgan fingerprint density at radius 2 is 2.00 bits per heavy atom. The molecule has 2 N–H and O–H groups in total. The molecule has 0 aliphatic heterocycles. The molecular weight excluding hydrogens is 268 g/mol. The van der Waals surface area contributed by atoms with Crippen LogP contribution in [0, 0.1) is 0 Å². The number of benzene rings is 1. The van der Waals surface area contributed by atoms with Crippen LogP contribution in [0.5, 0.6) is 0 Å². The molecule has 0 amide bonds. The molecular formula is C16H26N2O3. The van der Waals surface area contributed by atoms with Gasteiger partial charge in [-0.1, -0.05) is 24.8 Å². The quantitative estimate of drug-likeness (QED) is 0.594. The van der Waals surface area contributed by atoms with Crippen LogP contribution in [0.15, 0.2) is 36.9 Å². The Kier molecular flexibility index (Phi) is 10.9. The van der Waals surface area contributed by atoms with Gasteiger partial charge in [-0.3, -0.25) is 9.69 Å². The number of hydrogen-bond donors (Lipinski definition) is 2. The van der Waals surface area contributed by atoms with E-state index in [2.05, 4.69) is 11.9 Å². The Balaban J connectivity index is 0.00000122. The normalized spacial score (nSPS) is 9.57. The van der Waals surface area contributed by atoms with Crippen molar-refractivity contribution < 1.29 is 14.6 Å². The van der Waals surface area contributed by atoms with Gasteiger partial charge < -0.3 is 15.2 Å². The minimum absolute atomic E-state index is 0.232. The Morgan fingerprint density at radius 3 is 2.48 bits per heavy atom. The molecule has 0 spiro atoms. The molecule has 0 saturated carbocycles. The minimum atomic E-state index is -0.232. The van der Waals surface area contributed by atoms with Gasteiger partial charge in [0.05, 0.1) is 6.54 Å². The van der Waals surface area contributed by atoms with Crippen molar-refractivity contribution in [3.05, 3.63) is 42.5 Å². The van der Waals surface area contributed by atoms with Crippen LogP contribution in [0.25, 0.3) is 0 Å². The van der Waals surface area contributed by atoms with Crippen molar-refractivity contribution in [3.63, 3.8) is 0 Å². The van der Waals surface area contributed by atoms with Gasteiger partial charge in [0.2, 0.25) is 0 Å². The zero-order valence-corrected chi connectivity index (χ0v) is 13.1. The summed E-state index contributed by atoms with van der Waals surface area (Å²) < 4.78 is 4.93. The van der Waals surface area contributed by atoms with E-state index in [1.54, 1.807) is 13.0 Å². The summed E-state index contributed by atoms with van der Waals surface area (Å²) >= 11 is 0. The van der Waals surface area contributed by atoms with Crippen molar-refractivity contribution in [3.8, 4) is 0 Å². The van der Waals surface area contributed by atoms with Crippen molar-refractivity contribution in [2.45, 2.75) is 13.5 Å². The van der Waals surface area contributed by atoms with Gasteiger partial charge in [-0.05, 0) is 31.7 Å². The Bertz CT molecular complexity index is 404. The molecule has 0 saturated heterocycles. The van der Waals surface area contributed by atoms with Crippen molar-refractivity contribution in [2.75, 3.05) is 39.2 Å². The lowest BCUT2D eigenvalue weighted by Gasteiger charge is -2.15. The summed E-state index contributed by atoms with van der Waals surface area (Å²) in [5.41, 5.74) is 2.24. The molecule has 1 aromatic carbocycles. The second kappa shape index (κ2) is 11.9. The number of ether oxygens (including phenoxy) is 1. The fraction of sp³-hybridized carbons (Fsp3) is 0.438. The first-order valence-electron chi connectivity index (χ1n) is 6.89. The smallest absolute Gasteiger partial charge is 0.320 e. The molecule has 0 heterocycles. The van der Waals surface area contributed by atoms with Crippen LogP contribution in [-0.4, -0.2) is 49.8 Å². The lowest BCUT2D eigenvalue weighted by molar-refractivity contribution is -0.143. The van der Waals surface area contributed by atoms with E-state index in [0.717, 1.165) is 11.3 Å². The number of nitrogens with zero attached hydrogens (tertiary/aromatic N) is 1. The van der Waals surface area contributed by atoms with Crippen molar-refractivity contribution in [1.29, 1.82) is 0 Å². The second-order valence-corrected chi connectivity index (χ2v) is 4.41. The third-order valence-electron chi connectivity index (χ3n) is 2.46. The summed E-state index contributed by atoms with van der Waals surface area (Å²) in [4.78, 5) is 13.3. The van der Waals surface area contributed by atoms with Gasteiger partial charge in [-0.2, -0.15) is 0 Å². The standard InChI is InChI=1S/C14H20N2O2.C2H6O/c1-4-9-18-14(17)11-16(3)10-12-5-7-13(15-2)8-6-12;1-2-3/h4-8,15H,1,9-11H2,2-3H3;3H,2H2,1H3. The number of carbonyl (C=O) groups excluding carboxylic acids is 1. The van der Waals surface area contributed by atoms with E-state index in [0.29, 0.717) is 6.54 Å². The van der Waals surface area contributed by atoms with Crippen LogP contribution < -0.4 is 5.32 Å². The number of rotatable bonds is 7. The first kappa shape index (κ1) is 19.1. The third-order valence-corrected chi connectivity index (χ3v) is 2.46. The lowest BCUT2D eigenvalue weighted by Crippen LogP contribution is -2.27. The van der Waals surface area contributed by atoms with E-state index in [9.17, 15) is 4.79 Å². The molecule has 1 rings (SSSR count). The van der Waals surface area contributed by atoms with Crippen LogP contribution in [0.4, 0.5) is 5.69 Å². The number of nitrogens with one attached hydrogen (secondary N) is 1. The minimum Gasteiger partial charge on any atom is -0.461 e. The van der Waals surface area contributed by atoms with Crippen LogP contribution in [0.3, 0.4) is 0 Å². The molecule has 21 heavy (non-hydrogen) atoms. The summed E-state index contributed by atoms with van der Waals surface area (Å²) in [6, 6.07) is 8.10. The maximum Gasteiger partial charge on any atom is 0.320 e. The number of hydrogen-bond acceptors (Lipinski definition) is 5. The summed E-state index contributed by atoms with van der Waals surface area (Å²) in [5.74, 6) is -0.232. The van der Waals surface area contributed by atoms with Gasteiger partial charge in [0.1, 0.15) is 6.61 Å². The molecule has 5 nitrogen and oxygen atoms in total. The molecule has 0 bridgehead atoms. The van der Waals surface area contributed by atoms with Crippen LogP contribution >= 0.6 is 0 Å². The molecule has 5 heteroatoms. The van der Waals surface area contributed by atoms with E-state index >= 15 is 0 Å². The molecule has 0 aliphatic rings. The van der Waals surface area contributed by atoms with E-state index in [1.807, 2.05) is 43.3 Å². The van der Waals surface area contributed by atoms with E-state index in [-0.39, 0.29) is 25.7 Å². The first-order valence-corrected chi connectivity index (χ1v) is 6.89.